The van der Waals surface area contributed by atoms with Gasteiger partial charge in [-0.1, -0.05) is 18.4 Å². The van der Waals surface area contributed by atoms with Crippen molar-refractivity contribution in [1.29, 1.82) is 0 Å². The molecule has 2 rings (SSSR count). The second-order valence-corrected chi connectivity index (χ2v) is 4.84. The first kappa shape index (κ1) is 12.7. The van der Waals surface area contributed by atoms with Gasteiger partial charge in [0.15, 0.2) is 0 Å². The van der Waals surface area contributed by atoms with Gasteiger partial charge in [-0.05, 0) is 37.5 Å². The van der Waals surface area contributed by atoms with Crippen LogP contribution >= 0.6 is 0 Å². The van der Waals surface area contributed by atoms with E-state index in [1.807, 2.05) is 18.2 Å². The van der Waals surface area contributed by atoms with E-state index in [0.29, 0.717) is 0 Å². The number of hydrogen-bond acceptors (Lipinski definition) is 2. The number of benzene rings is 1. The molecule has 0 saturated heterocycles. The predicted octanol–water partition coefficient (Wildman–Crippen LogP) is 2.12. The quantitative estimate of drug-likeness (QED) is 0.780. The van der Waals surface area contributed by atoms with E-state index in [1.165, 1.54) is 0 Å². The Hall–Kier alpha value is -1.79. The van der Waals surface area contributed by atoms with Crippen LogP contribution < -0.4 is 11.1 Å². The zero-order valence-corrected chi connectivity index (χ0v) is 10.4. The van der Waals surface area contributed by atoms with Crippen molar-refractivity contribution >= 4 is 11.6 Å². The number of nitrogens with one attached hydrogen (secondary N) is 1. The third-order valence-corrected chi connectivity index (χ3v) is 3.38. The summed E-state index contributed by atoms with van der Waals surface area (Å²) in [6.45, 7) is 0. The first-order chi connectivity index (χ1) is 8.69. The van der Waals surface area contributed by atoms with E-state index in [9.17, 15) is 4.79 Å². The van der Waals surface area contributed by atoms with Gasteiger partial charge in [-0.3, -0.25) is 4.79 Å². The summed E-state index contributed by atoms with van der Waals surface area (Å²) in [5.41, 5.74) is 7.43. The molecule has 1 aliphatic rings. The minimum absolute atomic E-state index is 0.0308. The lowest BCUT2D eigenvalue weighted by Gasteiger charge is -2.25. The number of anilines is 1. The Kier molecular flexibility index (Phi) is 4.01. The molecule has 0 radical (unpaired) electrons. The maximum absolute atomic E-state index is 12.1. The molecular weight excluding hydrogens is 224 g/mol. The van der Waals surface area contributed by atoms with Gasteiger partial charge < -0.3 is 11.1 Å². The molecule has 2 unspecified atom stereocenters. The van der Waals surface area contributed by atoms with Crippen molar-refractivity contribution in [2.75, 3.05) is 5.32 Å². The molecule has 94 valence electrons. The molecule has 1 aliphatic carbocycles. The molecule has 3 heteroatoms. The zero-order valence-electron chi connectivity index (χ0n) is 10.4. The molecular formula is C15H18N2O. The van der Waals surface area contributed by atoms with Crippen molar-refractivity contribution < 1.29 is 4.79 Å². The fourth-order valence-electron chi connectivity index (χ4n) is 2.40. The number of amides is 1. The Morgan fingerprint density at radius 1 is 1.44 bits per heavy atom. The lowest BCUT2D eigenvalue weighted by Crippen LogP contribution is -2.34. The summed E-state index contributed by atoms with van der Waals surface area (Å²) in [7, 11) is 0. The second-order valence-electron chi connectivity index (χ2n) is 4.84. The largest absolute Gasteiger partial charge is 0.328 e. The number of hydrogen-bond donors (Lipinski definition) is 2. The van der Waals surface area contributed by atoms with Crippen LogP contribution in [0.1, 0.15) is 31.2 Å². The fraction of sp³-hybridized carbons (Fsp3) is 0.400. The summed E-state index contributed by atoms with van der Waals surface area (Å²) < 4.78 is 0. The van der Waals surface area contributed by atoms with E-state index in [0.717, 1.165) is 36.9 Å². The van der Waals surface area contributed by atoms with Gasteiger partial charge >= 0.3 is 0 Å². The minimum atomic E-state index is 0.0308. The Morgan fingerprint density at radius 2 is 2.28 bits per heavy atom. The molecule has 2 atom stereocenters. The molecule has 1 aromatic carbocycles. The summed E-state index contributed by atoms with van der Waals surface area (Å²) >= 11 is 0. The van der Waals surface area contributed by atoms with Crippen LogP contribution in [0, 0.1) is 18.3 Å². The monoisotopic (exact) mass is 242 g/mol. The van der Waals surface area contributed by atoms with Crippen molar-refractivity contribution in [2.24, 2.45) is 11.7 Å². The van der Waals surface area contributed by atoms with Crippen molar-refractivity contribution in [2.45, 2.75) is 31.7 Å². The highest BCUT2D eigenvalue weighted by Crippen LogP contribution is 2.24. The van der Waals surface area contributed by atoms with Crippen LogP contribution in [-0.4, -0.2) is 11.9 Å². The fourth-order valence-corrected chi connectivity index (χ4v) is 2.40. The third kappa shape index (κ3) is 3.12. The maximum atomic E-state index is 12.1. The molecule has 0 spiro atoms. The smallest absolute Gasteiger partial charge is 0.227 e. The van der Waals surface area contributed by atoms with Crippen molar-refractivity contribution in [3.8, 4) is 12.3 Å². The van der Waals surface area contributed by atoms with E-state index in [2.05, 4.69) is 11.2 Å². The summed E-state index contributed by atoms with van der Waals surface area (Å²) in [4.78, 5) is 12.1. The summed E-state index contributed by atoms with van der Waals surface area (Å²) in [5.74, 6) is 2.64. The molecule has 1 amide bonds. The summed E-state index contributed by atoms with van der Waals surface area (Å²) in [6, 6.07) is 7.50. The van der Waals surface area contributed by atoms with Gasteiger partial charge in [-0.15, -0.1) is 6.42 Å². The molecule has 3 nitrogen and oxygen atoms in total. The third-order valence-electron chi connectivity index (χ3n) is 3.38. The van der Waals surface area contributed by atoms with Crippen LogP contribution in [0.25, 0.3) is 0 Å². The van der Waals surface area contributed by atoms with Crippen LogP contribution in [0.15, 0.2) is 24.3 Å². The molecule has 0 aromatic heterocycles. The van der Waals surface area contributed by atoms with Crippen LogP contribution in [0.5, 0.6) is 0 Å². The summed E-state index contributed by atoms with van der Waals surface area (Å²) in [5, 5.41) is 2.92. The number of nitrogens with two attached hydrogens (primary N) is 1. The van der Waals surface area contributed by atoms with Gasteiger partial charge in [0.2, 0.25) is 5.91 Å². The normalized spacial score (nSPS) is 23.1. The van der Waals surface area contributed by atoms with Gasteiger partial charge in [-0.2, -0.15) is 0 Å². The highest BCUT2D eigenvalue weighted by Gasteiger charge is 2.25. The first-order valence-corrected chi connectivity index (χ1v) is 6.32. The molecule has 0 aliphatic heterocycles. The average Bonchev–Trinajstić information content (AvgIpc) is 2.39. The SMILES string of the molecule is C#Cc1cccc(NC(=O)C2CCCC(N)C2)c1. The molecule has 1 saturated carbocycles. The molecule has 1 aromatic rings. The van der Waals surface area contributed by atoms with Crippen LogP contribution in [0.2, 0.25) is 0 Å². The highest BCUT2D eigenvalue weighted by atomic mass is 16.1. The van der Waals surface area contributed by atoms with Gasteiger partial charge in [0.25, 0.3) is 0 Å². The van der Waals surface area contributed by atoms with Crippen LogP contribution in [-0.2, 0) is 4.79 Å². The Labute approximate surface area is 108 Å². The molecule has 1 fully saturated rings. The Bertz CT molecular complexity index is 476. The first-order valence-electron chi connectivity index (χ1n) is 6.32. The van der Waals surface area contributed by atoms with Crippen molar-refractivity contribution in [1.82, 2.24) is 0 Å². The van der Waals surface area contributed by atoms with E-state index in [4.69, 9.17) is 12.2 Å². The second kappa shape index (κ2) is 5.70. The maximum Gasteiger partial charge on any atom is 0.227 e. The minimum Gasteiger partial charge on any atom is -0.328 e. The van der Waals surface area contributed by atoms with E-state index < -0.39 is 0 Å². The van der Waals surface area contributed by atoms with Crippen LogP contribution in [0.4, 0.5) is 5.69 Å². The van der Waals surface area contributed by atoms with Gasteiger partial charge in [0, 0.05) is 23.2 Å². The number of terminal acetylenes is 1. The summed E-state index contributed by atoms with van der Waals surface area (Å²) in [6.07, 6.45) is 9.09. The lowest BCUT2D eigenvalue weighted by atomic mass is 9.85. The zero-order chi connectivity index (χ0) is 13.0. The predicted molar refractivity (Wildman–Crippen MR) is 72.9 cm³/mol. The molecule has 18 heavy (non-hydrogen) atoms. The lowest BCUT2D eigenvalue weighted by molar-refractivity contribution is -0.120. The molecule has 3 N–H and O–H groups in total. The van der Waals surface area contributed by atoms with Crippen molar-refractivity contribution in [3.63, 3.8) is 0 Å². The van der Waals surface area contributed by atoms with E-state index >= 15 is 0 Å². The number of carbonyl (C=O) groups excluding carboxylic acids is 1. The van der Waals surface area contributed by atoms with Crippen LogP contribution in [0.3, 0.4) is 0 Å². The van der Waals surface area contributed by atoms with Gasteiger partial charge in [0.05, 0.1) is 0 Å². The average molecular weight is 242 g/mol. The molecule has 0 heterocycles. The number of carbonyl (C=O) groups is 1. The number of rotatable bonds is 2. The van der Waals surface area contributed by atoms with E-state index in [1.54, 1.807) is 6.07 Å². The van der Waals surface area contributed by atoms with Gasteiger partial charge in [-0.25, -0.2) is 0 Å². The standard InChI is InChI=1S/C15H18N2O/c1-2-11-5-3-8-14(9-11)17-15(18)12-6-4-7-13(16)10-12/h1,3,5,8-9,12-13H,4,6-7,10,16H2,(H,17,18). The topological polar surface area (TPSA) is 55.1 Å². The highest BCUT2D eigenvalue weighted by molar-refractivity contribution is 5.92. The van der Waals surface area contributed by atoms with Crippen molar-refractivity contribution in [3.05, 3.63) is 29.8 Å². The molecule has 0 bridgehead atoms. The Morgan fingerprint density at radius 3 is 3.00 bits per heavy atom. The van der Waals surface area contributed by atoms with Gasteiger partial charge in [0.1, 0.15) is 0 Å². The van der Waals surface area contributed by atoms with E-state index in [-0.39, 0.29) is 17.9 Å². The Balaban J connectivity index is 2.00.